The molecule has 8 nitrogen and oxygen atoms in total. The largest absolute Gasteiger partial charge is 0 e. The standard InChI is InChI=1S/C18H23NO4.3CO.Fe/c1-10-11(2)17(22-5)18(23-12(3)20)15(16(10)19)13-7-6-8-14(9-13)21-4;3*1-2;/h6,8-9,13H,7,19H2,1-5H3;;;;. The van der Waals surface area contributed by atoms with Crippen molar-refractivity contribution in [1.29, 1.82) is 0 Å². The Balaban J connectivity index is -0.000000955. The SMILES string of the molecule is COC1=CC(c2c(N)c(C)c(C)c(OC)c2OC(C)=O)CC=C1.[C-]#[O+].[C-]#[O+].[C-]#[O+].[Fe]. The Labute approximate surface area is 187 Å². The summed E-state index contributed by atoms with van der Waals surface area (Å²) in [5, 5.41) is 0. The van der Waals surface area contributed by atoms with E-state index in [1.807, 2.05) is 32.1 Å². The topological polar surface area (TPSA) is 130 Å². The molecular weight excluding hydrogens is 434 g/mol. The molecule has 0 aromatic heterocycles. The number of esters is 1. The van der Waals surface area contributed by atoms with Crippen LogP contribution in [0.25, 0.3) is 0 Å². The first-order valence-electron chi connectivity index (χ1n) is 8.09. The van der Waals surface area contributed by atoms with Crippen LogP contribution >= 0.6 is 0 Å². The first-order chi connectivity index (χ1) is 13.9. The molecule has 2 N–H and O–H groups in total. The van der Waals surface area contributed by atoms with Crippen molar-refractivity contribution in [2.75, 3.05) is 20.0 Å². The molecule has 1 unspecified atom stereocenters. The maximum Gasteiger partial charge on any atom is 0 e. The number of rotatable bonds is 4. The molecule has 1 aromatic carbocycles. The van der Waals surface area contributed by atoms with Crippen molar-refractivity contribution in [3.63, 3.8) is 0 Å². The minimum Gasteiger partial charge on any atom is 0 e. The summed E-state index contributed by atoms with van der Waals surface area (Å²) in [5.74, 6) is 1.25. The van der Waals surface area contributed by atoms with Gasteiger partial charge in [0, 0.05) is 41.2 Å². The zero-order valence-corrected chi connectivity index (χ0v) is 18.4. The molecule has 1 aliphatic rings. The van der Waals surface area contributed by atoms with Crippen LogP contribution < -0.4 is 15.2 Å². The van der Waals surface area contributed by atoms with Gasteiger partial charge < -0.3 is 19.9 Å². The van der Waals surface area contributed by atoms with E-state index in [0.717, 1.165) is 28.9 Å². The molecule has 0 saturated heterocycles. The van der Waals surface area contributed by atoms with Gasteiger partial charge in [-0.15, -0.1) is 0 Å². The van der Waals surface area contributed by atoms with Crippen LogP contribution in [-0.2, 0) is 40.6 Å². The summed E-state index contributed by atoms with van der Waals surface area (Å²) >= 11 is 0. The van der Waals surface area contributed by atoms with Gasteiger partial charge in [0.15, 0.2) is 11.5 Å². The van der Waals surface area contributed by atoms with Crippen molar-refractivity contribution < 1.29 is 50.0 Å². The third-order valence-corrected chi connectivity index (χ3v) is 4.14. The van der Waals surface area contributed by atoms with Gasteiger partial charge in [-0.25, -0.2) is 0 Å². The first kappa shape index (κ1) is 32.0. The number of carbonyl (C=O) groups excluding carboxylic acids is 1. The molecule has 0 fully saturated rings. The van der Waals surface area contributed by atoms with Gasteiger partial charge in [-0.3, -0.25) is 4.79 Å². The van der Waals surface area contributed by atoms with Crippen LogP contribution in [0.5, 0.6) is 11.5 Å². The molecule has 0 heterocycles. The number of nitrogens with two attached hydrogens (primary N) is 1. The number of nitrogen functional groups attached to an aromatic ring is 1. The van der Waals surface area contributed by atoms with E-state index in [9.17, 15) is 4.79 Å². The van der Waals surface area contributed by atoms with Crippen LogP contribution in [0.3, 0.4) is 0 Å². The van der Waals surface area contributed by atoms with Gasteiger partial charge >= 0.3 is 39.9 Å². The number of ether oxygens (including phenoxy) is 3. The van der Waals surface area contributed by atoms with Crippen molar-refractivity contribution in [3.05, 3.63) is 60.6 Å². The van der Waals surface area contributed by atoms with Gasteiger partial charge in [-0.1, -0.05) is 6.08 Å². The van der Waals surface area contributed by atoms with Gasteiger partial charge in [0.05, 0.1) is 14.2 Å². The number of anilines is 1. The van der Waals surface area contributed by atoms with Crippen LogP contribution in [0.1, 0.15) is 36.0 Å². The van der Waals surface area contributed by atoms with Gasteiger partial charge in [-0.2, -0.15) is 0 Å². The summed E-state index contributed by atoms with van der Waals surface area (Å²) in [6.45, 7) is 18.7. The molecule has 0 saturated carbocycles. The second-order valence-electron chi connectivity index (χ2n) is 5.55. The molecule has 0 spiro atoms. The third-order valence-electron chi connectivity index (χ3n) is 4.14. The van der Waals surface area contributed by atoms with E-state index in [1.54, 1.807) is 14.2 Å². The van der Waals surface area contributed by atoms with Gasteiger partial charge in [0.2, 0.25) is 0 Å². The number of benzene rings is 1. The Morgan fingerprint density at radius 2 is 1.57 bits per heavy atom. The van der Waals surface area contributed by atoms with E-state index < -0.39 is 5.97 Å². The summed E-state index contributed by atoms with van der Waals surface area (Å²) in [5.41, 5.74) is 9.53. The van der Waals surface area contributed by atoms with Crippen molar-refractivity contribution in [3.8, 4) is 11.5 Å². The van der Waals surface area contributed by atoms with E-state index >= 15 is 0 Å². The quantitative estimate of drug-likeness (QED) is 0.185. The number of hydrogen-bond acceptors (Lipinski definition) is 5. The first-order valence-corrected chi connectivity index (χ1v) is 8.09. The van der Waals surface area contributed by atoms with E-state index in [-0.39, 0.29) is 23.0 Å². The predicted octanol–water partition coefficient (Wildman–Crippen LogP) is 3.28. The van der Waals surface area contributed by atoms with Gasteiger partial charge in [0.25, 0.3) is 0 Å². The zero-order valence-electron chi connectivity index (χ0n) is 17.3. The monoisotopic (exact) mass is 457 g/mol. The molecule has 0 radical (unpaired) electrons. The second-order valence-corrected chi connectivity index (χ2v) is 5.55. The van der Waals surface area contributed by atoms with Crippen molar-refractivity contribution in [2.24, 2.45) is 0 Å². The average molecular weight is 457 g/mol. The van der Waals surface area contributed by atoms with Crippen LogP contribution in [-0.4, -0.2) is 20.2 Å². The van der Waals surface area contributed by atoms with Gasteiger partial charge in [-0.05, 0) is 43.5 Å². The average Bonchev–Trinajstić information content (AvgIpc) is 2.76. The zero-order chi connectivity index (χ0) is 23.1. The fourth-order valence-electron chi connectivity index (χ4n) is 2.84. The Hall–Kier alpha value is -2.69. The fraction of sp³-hybridized carbons (Fsp3) is 0.333. The minimum absolute atomic E-state index is 0. The molecular formula is C21H23FeNO7. The normalized spacial score (nSPS) is 13.0. The second kappa shape index (κ2) is 17.2. The van der Waals surface area contributed by atoms with Crippen molar-refractivity contribution >= 4 is 11.7 Å². The summed E-state index contributed by atoms with van der Waals surface area (Å²) in [4.78, 5) is 11.6. The summed E-state index contributed by atoms with van der Waals surface area (Å²) < 4.78 is 38.8. The van der Waals surface area contributed by atoms with Crippen LogP contribution in [0, 0.1) is 33.8 Å². The van der Waals surface area contributed by atoms with Gasteiger partial charge in [0.1, 0.15) is 5.76 Å². The molecule has 30 heavy (non-hydrogen) atoms. The molecule has 1 aliphatic carbocycles. The van der Waals surface area contributed by atoms with E-state index in [2.05, 4.69) is 20.0 Å². The number of hydrogen-bond donors (Lipinski definition) is 1. The molecule has 0 aliphatic heterocycles. The number of carbonyl (C=O) groups is 1. The summed E-state index contributed by atoms with van der Waals surface area (Å²) in [6.07, 6.45) is 6.66. The van der Waals surface area contributed by atoms with Crippen LogP contribution in [0.4, 0.5) is 5.69 Å². The predicted molar refractivity (Wildman–Crippen MR) is 102 cm³/mol. The Morgan fingerprint density at radius 3 is 2.00 bits per heavy atom. The fourth-order valence-corrected chi connectivity index (χ4v) is 2.84. The maximum atomic E-state index is 11.6. The minimum atomic E-state index is -0.408. The van der Waals surface area contributed by atoms with Crippen LogP contribution in [0.15, 0.2) is 24.0 Å². The molecule has 0 amide bonds. The van der Waals surface area contributed by atoms with Crippen molar-refractivity contribution in [1.82, 2.24) is 0 Å². The third kappa shape index (κ3) is 7.97. The van der Waals surface area contributed by atoms with Crippen LogP contribution in [0.2, 0.25) is 0 Å². The van der Waals surface area contributed by atoms with E-state index in [0.29, 0.717) is 17.2 Å². The molecule has 0 bridgehead atoms. The van der Waals surface area contributed by atoms with E-state index in [4.69, 9.17) is 33.9 Å². The van der Waals surface area contributed by atoms with E-state index in [1.165, 1.54) is 6.92 Å². The molecule has 9 heteroatoms. The molecule has 1 aromatic rings. The Kier molecular flexibility index (Phi) is 18.3. The Morgan fingerprint density at radius 1 is 1.03 bits per heavy atom. The number of allylic oxidation sites excluding steroid dienone is 3. The Bertz CT molecular complexity index is 809. The maximum absolute atomic E-state index is 11.6. The molecule has 2 rings (SSSR count). The smallest absolute Gasteiger partial charge is 0 e. The van der Waals surface area contributed by atoms with Crippen molar-refractivity contribution in [2.45, 2.75) is 33.1 Å². The summed E-state index contributed by atoms with van der Waals surface area (Å²) in [7, 11) is 3.18. The number of methoxy groups -OCH3 is 2. The molecule has 1 atom stereocenters. The summed E-state index contributed by atoms with van der Waals surface area (Å²) in [6, 6.07) is 0. The molecule has 162 valence electrons.